The van der Waals surface area contributed by atoms with Gasteiger partial charge >= 0.3 is 0 Å². The van der Waals surface area contributed by atoms with Crippen LogP contribution in [0.5, 0.6) is 0 Å². The normalized spacial score (nSPS) is 47.7. The lowest BCUT2D eigenvalue weighted by Gasteiger charge is -2.57. The fourth-order valence-corrected chi connectivity index (χ4v) is 6.08. The van der Waals surface area contributed by atoms with Crippen LogP contribution in [0.1, 0.15) is 70.6 Å². The van der Waals surface area contributed by atoms with Gasteiger partial charge < -0.3 is 5.32 Å². The molecule has 5 saturated carbocycles. The minimum atomic E-state index is 0.603. The molecule has 5 aliphatic rings. The van der Waals surface area contributed by atoms with Crippen LogP contribution in [0, 0.1) is 23.7 Å². The molecule has 0 aliphatic heterocycles. The van der Waals surface area contributed by atoms with Crippen LogP contribution in [0.15, 0.2) is 0 Å². The van der Waals surface area contributed by atoms with E-state index in [1.807, 2.05) is 0 Å². The molecule has 0 unspecified atom stereocenters. The van der Waals surface area contributed by atoms with E-state index in [4.69, 9.17) is 0 Å². The average Bonchev–Trinajstić information content (AvgIpc) is 2.36. The van der Waals surface area contributed by atoms with E-state index in [2.05, 4.69) is 5.32 Å². The standard InChI is InChI=1S/C17H29N/c1-2-4-13(5-3-1)12-18-17-9-14-6-15(10-17)8-16(7-14)11-17/h13-16,18H,1-12H2. The maximum absolute atomic E-state index is 4.10. The summed E-state index contributed by atoms with van der Waals surface area (Å²) in [5, 5.41) is 4.10. The summed E-state index contributed by atoms with van der Waals surface area (Å²) in [5.74, 6) is 4.28. The summed E-state index contributed by atoms with van der Waals surface area (Å²) in [7, 11) is 0. The average molecular weight is 247 g/mol. The first kappa shape index (κ1) is 11.8. The summed E-state index contributed by atoms with van der Waals surface area (Å²) in [4.78, 5) is 0. The second-order valence-electron chi connectivity index (χ2n) is 8.08. The molecule has 0 amide bonds. The highest BCUT2D eigenvalue weighted by Crippen LogP contribution is 2.55. The van der Waals surface area contributed by atoms with Crippen LogP contribution in [0.3, 0.4) is 0 Å². The van der Waals surface area contributed by atoms with Gasteiger partial charge in [-0.15, -0.1) is 0 Å². The number of hydrogen-bond acceptors (Lipinski definition) is 1. The molecule has 1 N–H and O–H groups in total. The third kappa shape index (κ3) is 2.13. The molecule has 1 heteroatoms. The molecule has 102 valence electrons. The van der Waals surface area contributed by atoms with Gasteiger partial charge in [0.05, 0.1) is 0 Å². The zero-order valence-electron chi connectivity index (χ0n) is 11.8. The zero-order chi connectivity index (χ0) is 12.0. The summed E-state index contributed by atoms with van der Waals surface area (Å²) in [6.07, 6.45) is 16.8. The SMILES string of the molecule is C1CCC(CNC23CC4CC(CC(C4)C2)C3)CC1. The molecule has 0 aromatic rings. The van der Waals surface area contributed by atoms with E-state index in [-0.39, 0.29) is 0 Å². The maximum atomic E-state index is 4.10. The Morgan fingerprint density at radius 1 is 0.778 bits per heavy atom. The lowest BCUT2D eigenvalue weighted by atomic mass is 9.53. The number of rotatable bonds is 3. The van der Waals surface area contributed by atoms with Gasteiger partial charge in [-0.3, -0.25) is 0 Å². The third-order valence-electron chi connectivity index (χ3n) is 6.53. The Kier molecular flexibility index (Phi) is 2.94. The van der Waals surface area contributed by atoms with Crippen molar-refractivity contribution >= 4 is 0 Å². The van der Waals surface area contributed by atoms with Crippen molar-refractivity contribution < 1.29 is 0 Å². The van der Waals surface area contributed by atoms with Crippen molar-refractivity contribution in [1.82, 2.24) is 5.32 Å². The second kappa shape index (κ2) is 4.51. The largest absolute Gasteiger partial charge is 0.311 e. The van der Waals surface area contributed by atoms with E-state index >= 15 is 0 Å². The molecule has 0 radical (unpaired) electrons. The van der Waals surface area contributed by atoms with Crippen molar-refractivity contribution in [3.63, 3.8) is 0 Å². The van der Waals surface area contributed by atoms with E-state index in [1.165, 1.54) is 57.9 Å². The van der Waals surface area contributed by atoms with Crippen LogP contribution in [0.25, 0.3) is 0 Å². The minimum absolute atomic E-state index is 0.603. The van der Waals surface area contributed by atoms with E-state index in [0.29, 0.717) is 5.54 Å². The predicted molar refractivity (Wildman–Crippen MR) is 75.5 cm³/mol. The molecular formula is C17H29N. The number of hydrogen-bond donors (Lipinski definition) is 1. The molecule has 0 saturated heterocycles. The molecule has 5 fully saturated rings. The van der Waals surface area contributed by atoms with Gasteiger partial charge in [-0.2, -0.15) is 0 Å². The Bertz CT molecular complexity index is 267. The summed E-state index contributed by atoms with van der Waals surface area (Å²) < 4.78 is 0. The third-order valence-corrected chi connectivity index (χ3v) is 6.53. The quantitative estimate of drug-likeness (QED) is 0.791. The molecule has 0 heterocycles. The second-order valence-corrected chi connectivity index (χ2v) is 8.08. The van der Waals surface area contributed by atoms with Gasteiger partial charge in [-0.1, -0.05) is 19.3 Å². The summed E-state index contributed by atoms with van der Waals surface area (Å²) in [6, 6.07) is 0. The van der Waals surface area contributed by atoms with E-state index in [9.17, 15) is 0 Å². The summed E-state index contributed by atoms with van der Waals surface area (Å²) in [5.41, 5.74) is 0.603. The monoisotopic (exact) mass is 247 g/mol. The highest BCUT2D eigenvalue weighted by Gasteiger charge is 2.50. The maximum Gasteiger partial charge on any atom is 0.0189 e. The van der Waals surface area contributed by atoms with Gasteiger partial charge in [0.15, 0.2) is 0 Å². The van der Waals surface area contributed by atoms with E-state index < -0.39 is 0 Å². The molecule has 0 aromatic heterocycles. The fraction of sp³-hybridized carbons (Fsp3) is 1.00. The Hall–Kier alpha value is -0.0400. The lowest BCUT2D eigenvalue weighted by Crippen LogP contribution is -2.59. The van der Waals surface area contributed by atoms with Crippen molar-refractivity contribution in [2.45, 2.75) is 76.2 Å². The predicted octanol–water partition coefficient (Wildman–Crippen LogP) is 4.13. The molecule has 5 aliphatic carbocycles. The number of nitrogens with one attached hydrogen (secondary N) is 1. The van der Waals surface area contributed by atoms with Gasteiger partial charge in [0.1, 0.15) is 0 Å². The topological polar surface area (TPSA) is 12.0 Å². The van der Waals surface area contributed by atoms with Crippen molar-refractivity contribution in [3.8, 4) is 0 Å². The lowest BCUT2D eigenvalue weighted by molar-refractivity contribution is -0.0219. The molecular weight excluding hydrogens is 218 g/mol. The van der Waals surface area contributed by atoms with Crippen LogP contribution in [0.4, 0.5) is 0 Å². The van der Waals surface area contributed by atoms with Gasteiger partial charge in [0.25, 0.3) is 0 Å². The van der Waals surface area contributed by atoms with Crippen molar-refractivity contribution in [3.05, 3.63) is 0 Å². The van der Waals surface area contributed by atoms with Crippen LogP contribution >= 0.6 is 0 Å². The Morgan fingerprint density at radius 2 is 1.33 bits per heavy atom. The van der Waals surface area contributed by atoms with Gasteiger partial charge in [0.2, 0.25) is 0 Å². The van der Waals surface area contributed by atoms with Crippen molar-refractivity contribution in [1.29, 1.82) is 0 Å². The Labute approximate surface area is 112 Å². The summed E-state index contributed by atoms with van der Waals surface area (Å²) in [6.45, 7) is 1.34. The van der Waals surface area contributed by atoms with Crippen LogP contribution in [-0.4, -0.2) is 12.1 Å². The van der Waals surface area contributed by atoms with Gasteiger partial charge in [-0.05, 0) is 81.6 Å². The fourth-order valence-electron chi connectivity index (χ4n) is 6.08. The highest BCUT2D eigenvalue weighted by atomic mass is 15.0. The first-order valence-electron chi connectivity index (χ1n) is 8.56. The Morgan fingerprint density at radius 3 is 1.89 bits per heavy atom. The first-order chi connectivity index (χ1) is 8.81. The van der Waals surface area contributed by atoms with Crippen molar-refractivity contribution in [2.24, 2.45) is 23.7 Å². The molecule has 18 heavy (non-hydrogen) atoms. The van der Waals surface area contributed by atoms with Gasteiger partial charge in [-0.25, -0.2) is 0 Å². The van der Waals surface area contributed by atoms with Crippen LogP contribution < -0.4 is 5.32 Å². The minimum Gasteiger partial charge on any atom is -0.311 e. The molecule has 0 spiro atoms. The molecule has 4 bridgehead atoms. The summed E-state index contributed by atoms with van der Waals surface area (Å²) >= 11 is 0. The molecule has 5 rings (SSSR count). The van der Waals surface area contributed by atoms with Gasteiger partial charge in [0, 0.05) is 5.54 Å². The van der Waals surface area contributed by atoms with Crippen LogP contribution in [-0.2, 0) is 0 Å². The smallest absolute Gasteiger partial charge is 0.0189 e. The van der Waals surface area contributed by atoms with Crippen LogP contribution in [0.2, 0.25) is 0 Å². The van der Waals surface area contributed by atoms with E-state index in [1.54, 1.807) is 19.3 Å². The molecule has 0 aromatic carbocycles. The van der Waals surface area contributed by atoms with E-state index in [0.717, 1.165) is 23.7 Å². The molecule has 1 nitrogen and oxygen atoms in total. The Balaban J connectivity index is 1.38. The van der Waals surface area contributed by atoms with Crippen molar-refractivity contribution in [2.75, 3.05) is 6.54 Å². The molecule has 0 atom stereocenters. The zero-order valence-corrected chi connectivity index (χ0v) is 11.8. The highest BCUT2D eigenvalue weighted by molar-refractivity contribution is 5.06. The first-order valence-corrected chi connectivity index (χ1v) is 8.56.